The lowest BCUT2D eigenvalue weighted by molar-refractivity contribution is -0.120. The first-order valence-electron chi connectivity index (χ1n) is 7.13. The lowest BCUT2D eigenvalue weighted by Crippen LogP contribution is -2.36. The molecule has 1 aromatic rings. The molecule has 1 aromatic heterocycles. The predicted octanol–water partition coefficient (Wildman–Crippen LogP) is 3.13. The topological polar surface area (TPSA) is 32.3 Å². The Labute approximate surface area is 125 Å². The fourth-order valence-corrected chi connectivity index (χ4v) is 3.36. The van der Waals surface area contributed by atoms with Gasteiger partial charge in [0, 0.05) is 17.8 Å². The Hall–Kier alpha value is -1.39. The average Bonchev–Trinajstić information content (AvgIpc) is 3.12. The predicted molar refractivity (Wildman–Crippen MR) is 84.8 cm³/mol. The summed E-state index contributed by atoms with van der Waals surface area (Å²) >= 11 is 1.77. The highest BCUT2D eigenvalue weighted by Crippen LogP contribution is 2.27. The maximum absolute atomic E-state index is 11.8. The molecule has 1 atom stereocenters. The molecule has 1 aliphatic heterocycles. The van der Waals surface area contributed by atoms with Crippen LogP contribution in [0.3, 0.4) is 0 Å². The number of nitrogens with one attached hydrogen (secondary N) is 1. The fraction of sp³-hybridized carbons (Fsp3) is 0.438. The van der Waals surface area contributed by atoms with Gasteiger partial charge in [0.15, 0.2) is 0 Å². The minimum absolute atomic E-state index is 0.0730. The van der Waals surface area contributed by atoms with Gasteiger partial charge in [-0.2, -0.15) is 0 Å². The third-order valence-electron chi connectivity index (χ3n) is 3.52. The van der Waals surface area contributed by atoms with E-state index in [-0.39, 0.29) is 5.91 Å². The average molecular weight is 290 g/mol. The Morgan fingerprint density at radius 1 is 1.50 bits per heavy atom. The molecule has 1 unspecified atom stereocenters. The number of nitrogens with zero attached hydrogens (tertiary/aromatic N) is 1. The van der Waals surface area contributed by atoms with Crippen molar-refractivity contribution in [1.82, 2.24) is 10.2 Å². The summed E-state index contributed by atoms with van der Waals surface area (Å²) in [5.74, 6) is 0.0730. The van der Waals surface area contributed by atoms with E-state index in [1.54, 1.807) is 23.5 Å². The summed E-state index contributed by atoms with van der Waals surface area (Å²) in [4.78, 5) is 15.6. The van der Waals surface area contributed by atoms with Crippen LogP contribution in [0, 0.1) is 0 Å². The molecule has 1 amide bonds. The number of allylic oxidation sites excluding steroid dienone is 2. The second-order valence-electron chi connectivity index (χ2n) is 4.95. The molecule has 4 heteroatoms. The summed E-state index contributed by atoms with van der Waals surface area (Å²) in [5, 5.41) is 5.15. The van der Waals surface area contributed by atoms with Crippen molar-refractivity contribution < 1.29 is 4.79 Å². The molecular formula is C16H22N2OS. The van der Waals surface area contributed by atoms with E-state index in [1.165, 1.54) is 17.7 Å². The normalized spacial score (nSPS) is 17.4. The van der Waals surface area contributed by atoms with Crippen LogP contribution < -0.4 is 5.32 Å². The number of hydrogen-bond donors (Lipinski definition) is 1. The molecule has 0 saturated carbocycles. The third-order valence-corrected chi connectivity index (χ3v) is 4.49. The molecule has 1 N–H and O–H groups in total. The van der Waals surface area contributed by atoms with Gasteiger partial charge in [-0.1, -0.05) is 30.9 Å². The van der Waals surface area contributed by atoms with Crippen molar-refractivity contribution in [3.8, 4) is 0 Å². The van der Waals surface area contributed by atoms with Gasteiger partial charge in [-0.3, -0.25) is 9.69 Å². The number of thiophene rings is 1. The Kier molecular flexibility index (Phi) is 6.02. The molecule has 108 valence electrons. The summed E-state index contributed by atoms with van der Waals surface area (Å²) in [7, 11) is 0. The number of carbonyl (C=O) groups excluding carboxylic acids is 1. The van der Waals surface area contributed by atoms with E-state index in [1.807, 2.05) is 6.08 Å². The van der Waals surface area contributed by atoms with Gasteiger partial charge in [-0.25, -0.2) is 0 Å². The first-order chi connectivity index (χ1) is 9.81. The SMILES string of the molecule is C=CC=CCC(=O)NCC(c1cccs1)N1CCCC1. The molecule has 20 heavy (non-hydrogen) atoms. The summed E-state index contributed by atoms with van der Waals surface area (Å²) in [6.45, 7) is 6.56. The molecule has 0 spiro atoms. The number of hydrogen-bond acceptors (Lipinski definition) is 3. The van der Waals surface area contributed by atoms with E-state index >= 15 is 0 Å². The summed E-state index contributed by atoms with van der Waals surface area (Å²) in [6, 6.07) is 4.57. The number of likely N-dealkylation sites (tertiary alicyclic amines) is 1. The summed E-state index contributed by atoms with van der Waals surface area (Å²) in [5.41, 5.74) is 0. The highest BCUT2D eigenvalue weighted by Gasteiger charge is 2.24. The minimum Gasteiger partial charge on any atom is -0.354 e. The van der Waals surface area contributed by atoms with Crippen molar-refractivity contribution in [3.63, 3.8) is 0 Å². The summed E-state index contributed by atoms with van der Waals surface area (Å²) < 4.78 is 0. The third kappa shape index (κ3) is 4.32. The molecule has 0 aliphatic carbocycles. The maximum atomic E-state index is 11.8. The molecule has 1 fully saturated rings. The zero-order chi connectivity index (χ0) is 14.2. The maximum Gasteiger partial charge on any atom is 0.223 e. The number of carbonyl (C=O) groups is 1. The Bertz CT molecular complexity index is 447. The molecule has 1 aliphatic rings. The molecular weight excluding hydrogens is 268 g/mol. The van der Waals surface area contributed by atoms with Crippen molar-refractivity contribution in [1.29, 1.82) is 0 Å². The van der Waals surface area contributed by atoms with Crippen LogP contribution in [0.1, 0.15) is 30.2 Å². The van der Waals surface area contributed by atoms with Gasteiger partial charge in [0.2, 0.25) is 5.91 Å². The van der Waals surface area contributed by atoms with Crippen molar-refractivity contribution in [2.24, 2.45) is 0 Å². The molecule has 0 aromatic carbocycles. The van der Waals surface area contributed by atoms with Crippen LogP contribution in [0.15, 0.2) is 42.3 Å². The van der Waals surface area contributed by atoms with Crippen LogP contribution in [0.5, 0.6) is 0 Å². The fourth-order valence-electron chi connectivity index (χ4n) is 2.50. The van der Waals surface area contributed by atoms with Crippen LogP contribution >= 0.6 is 11.3 Å². The monoisotopic (exact) mass is 290 g/mol. The minimum atomic E-state index is 0.0730. The number of amides is 1. The van der Waals surface area contributed by atoms with E-state index < -0.39 is 0 Å². The Morgan fingerprint density at radius 2 is 2.30 bits per heavy atom. The van der Waals surface area contributed by atoms with Crippen LogP contribution in [0.2, 0.25) is 0 Å². The van der Waals surface area contributed by atoms with Gasteiger partial charge < -0.3 is 5.32 Å². The van der Waals surface area contributed by atoms with Gasteiger partial charge >= 0.3 is 0 Å². The van der Waals surface area contributed by atoms with Gasteiger partial charge in [0.1, 0.15) is 0 Å². The Balaban J connectivity index is 1.89. The quantitative estimate of drug-likeness (QED) is 0.783. The highest BCUT2D eigenvalue weighted by molar-refractivity contribution is 7.10. The molecule has 2 heterocycles. The molecule has 0 bridgehead atoms. The van der Waals surface area contributed by atoms with Crippen LogP contribution in [0.4, 0.5) is 0 Å². The van der Waals surface area contributed by atoms with Crippen molar-refractivity contribution >= 4 is 17.2 Å². The van der Waals surface area contributed by atoms with Crippen LogP contribution in [0.25, 0.3) is 0 Å². The second-order valence-corrected chi connectivity index (χ2v) is 5.93. The van der Waals surface area contributed by atoms with E-state index in [2.05, 4.69) is 34.3 Å². The molecule has 0 radical (unpaired) electrons. The first-order valence-corrected chi connectivity index (χ1v) is 8.01. The van der Waals surface area contributed by atoms with Crippen LogP contribution in [-0.4, -0.2) is 30.4 Å². The zero-order valence-corrected chi connectivity index (χ0v) is 12.6. The lowest BCUT2D eigenvalue weighted by Gasteiger charge is -2.26. The van der Waals surface area contributed by atoms with Crippen molar-refractivity contribution in [2.75, 3.05) is 19.6 Å². The first kappa shape index (κ1) is 15.0. The van der Waals surface area contributed by atoms with E-state index in [0.29, 0.717) is 19.0 Å². The van der Waals surface area contributed by atoms with Crippen molar-refractivity contribution in [3.05, 3.63) is 47.2 Å². The Morgan fingerprint density at radius 3 is 2.95 bits per heavy atom. The van der Waals surface area contributed by atoms with Gasteiger partial charge in [-0.05, 0) is 37.4 Å². The second kappa shape index (κ2) is 8.02. The molecule has 2 rings (SSSR count). The van der Waals surface area contributed by atoms with Crippen molar-refractivity contribution in [2.45, 2.75) is 25.3 Å². The summed E-state index contributed by atoms with van der Waals surface area (Å²) in [6.07, 6.45) is 8.26. The van der Waals surface area contributed by atoms with E-state index in [0.717, 1.165) is 13.1 Å². The number of rotatable bonds is 7. The van der Waals surface area contributed by atoms with Gasteiger partial charge in [-0.15, -0.1) is 11.3 Å². The largest absolute Gasteiger partial charge is 0.354 e. The smallest absolute Gasteiger partial charge is 0.223 e. The molecule has 3 nitrogen and oxygen atoms in total. The van der Waals surface area contributed by atoms with E-state index in [4.69, 9.17) is 0 Å². The van der Waals surface area contributed by atoms with Crippen LogP contribution in [-0.2, 0) is 4.79 Å². The zero-order valence-electron chi connectivity index (χ0n) is 11.8. The molecule has 1 saturated heterocycles. The van der Waals surface area contributed by atoms with Gasteiger partial charge in [0.05, 0.1) is 6.04 Å². The highest BCUT2D eigenvalue weighted by atomic mass is 32.1. The lowest BCUT2D eigenvalue weighted by atomic mass is 10.2. The van der Waals surface area contributed by atoms with E-state index in [9.17, 15) is 4.79 Å². The standard InChI is InChI=1S/C16H22N2OS/c1-2-3-4-9-16(19)17-13-14(15-8-7-12-20-15)18-10-5-6-11-18/h2-4,7-8,12,14H,1,5-6,9-11,13H2,(H,17,19). The van der Waals surface area contributed by atoms with Gasteiger partial charge in [0.25, 0.3) is 0 Å².